The summed E-state index contributed by atoms with van der Waals surface area (Å²) in [5.41, 5.74) is 2.93. The number of hydrogen-bond acceptors (Lipinski definition) is 4. The molecule has 96 valence electrons. The maximum atomic E-state index is 9.25. The molecule has 0 spiro atoms. The molecule has 0 amide bonds. The first-order chi connectivity index (χ1) is 9.02. The quantitative estimate of drug-likeness (QED) is 0.845. The molecule has 0 aliphatic carbocycles. The van der Waals surface area contributed by atoms with Crippen molar-refractivity contribution in [3.63, 3.8) is 0 Å². The van der Waals surface area contributed by atoms with Gasteiger partial charge in [-0.25, -0.2) is 0 Å². The normalized spacial score (nSPS) is 10.1. The van der Waals surface area contributed by atoms with Crippen LogP contribution in [-0.2, 0) is 0 Å². The van der Waals surface area contributed by atoms with Gasteiger partial charge in [-0.2, -0.15) is 10.4 Å². The van der Waals surface area contributed by atoms with Crippen LogP contribution in [0.5, 0.6) is 0 Å². The molecule has 0 saturated heterocycles. The van der Waals surface area contributed by atoms with E-state index in [1.807, 2.05) is 32.0 Å². The van der Waals surface area contributed by atoms with Gasteiger partial charge < -0.3 is 5.32 Å². The lowest BCUT2D eigenvalue weighted by atomic mass is 10.1. The minimum Gasteiger partial charge on any atom is -0.337 e. The molecule has 0 aliphatic rings. The average Bonchev–Trinajstić information content (AvgIpc) is 2.38. The Morgan fingerprint density at radius 2 is 1.95 bits per heavy atom. The molecule has 0 fully saturated rings. The highest BCUT2D eigenvalue weighted by Gasteiger charge is 2.12. The third-order valence-corrected chi connectivity index (χ3v) is 3.93. The van der Waals surface area contributed by atoms with Crippen LogP contribution in [0.15, 0.2) is 27.1 Å². The van der Waals surface area contributed by atoms with E-state index in [9.17, 15) is 5.26 Å². The topological polar surface area (TPSA) is 61.6 Å². The zero-order valence-corrected chi connectivity index (χ0v) is 13.5. The van der Waals surface area contributed by atoms with Crippen molar-refractivity contribution in [1.82, 2.24) is 10.2 Å². The second kappa shape index (κ2) is 5.68. The molecule has 1 aromatic heterocycles. The Morgan fingerprint density at radius 1 is 1.21 bits per heavy atom. The number of rotatable bonds is 2. The van der Waals surface area contributed by atoms with Crippen molar-refractivity contribution in [2.45, 2.75) is 13.8 Å². The first kappa shape index (κ1) is 14.0. The largest absolute Gasteiger partial charge is 0.337 e. The van der Waals surface area contributed by atoms with Crippen molar-refractivity contribution >= 4 is 43.4 Å². The van der Waals surface area contributed by atoms with Crippen molar-refractivity contribution < 1.29 is 0 Å². The number of hydrogen-bond donors (Lipinski definition) is 1. The third-order valence-electron chi connectivity index (χ3n) is 2.75. The summed E-state index contributed by atoms with van der Waals surface area (Å²) >= 11 is 6.86. The predicted molar refractivity (Wildman–Crippen MR) is 81.3 cm³/mol. The predicted octanol–water partition coefficient (Wildman–Crippen LogP) is 4.23. The molecule has 1 aromatic carbocycles. The fourth-order valence-electron chi connectivity index (χ4n) is 1.55. The van der Waals surface area contributed by atoms with Crippen LogP contribution in [0.2, 0.25) is 0 Å². The Kier molecular flexibility index (Phi) is 4.17. The molecule has 19 heavy (non-hydrogen) atoms. The van der Waals surface area contributed by atoms with Crippen LogP contribution in [0.25, 0.3) is 0 Å². The molecule has 2 rings (SSSR count). The highest BCUT2D eigenvalue weighted by atomic mass is 79.9. The summed E-state index contributed by atoms with van der Waals surface area (Å²) in [6.07, 6.45) is 0. The molecule has 1 N–H and O–H groups in total. The lowest BCUT2D eigenvalue weighted by molar-refractivity contribution is 0.960. The first-order valence-corrected chi connectivity index (χ1v) is 7.07. The van der Waals surface area contributed by atoms with E-state index in [0.717, 1.165) is 25.9 Å². The van der Waals surface area contributed by atoms with Gasteiger partial charge in [0.15, 0.2) is 5.82 Å². The summed E-state index contributed by atoms with van der Waals surface area (Å²) in [7, 11) is 0. The van der Waals surface area contributed by atoms with E-state index < -0.39 is 0 Å². The molecule has 6 heteroatoms. The highest BCUT2D eigenvalue weighted by Crippen LogP contribution is 2.30. The average molecular weight is 382 g/mol. The summed E-state index contributed by atoms with van der Waals surface area (Å²) in [4.78, 5) is 0. The molecule has 0 unspecified atom stereocenters. The molecule has 2 aromatic rings. The number of halogens is 2. The lowest BCUT2D eigenvalue weighted by Crippen LogP contribution is -2.04. The first-order valence-electron chi connectivity index (χ1n) is 5.49. The van der Waals surface area contributed by atoms with Gasteiger partial charge in [0, 0.05) is 8.95 Å². The van der Waals surface area contributed by atoms with Gasteiger partial charge in [-0.15, -0.1) is 5.10 Å². The van der Waals surface area contributed by atoms with Crippen LogP contribution in [0.4, 0.5) is 11.5 Å². The van der Waals surface area contributed by atoms with E-state index in [2.05, 4.69) is 53.4 Å². The summed E-state index contributed by atoms with van der Waals surface area (Å²) in [6.45, 7) is 3.70. The zero-order chi connectivity index (χ0) is 14.0. The number of benzene rings is 1. The maximum absolute atomic E-state index is 9.25. The van der Waals surface area contributed by atoms with Crippen molar-refractivity contribution in [3.05, 3.63) is 44.0 Å². The second-order valence-corrected chi connectivity index (χ2v) is 5.77. The zero-order valence-electron chi connectivity index (χ0n) is 10.3. The van der Waals surface area contributed by atoms with Gasteiger partial charge in [-0.05, 0) is 53.5 Å². The van der Waals surface area contributed by atoms with Crippen molar-refractivity contribution in [2.24, 2.45) is 0 Å². The number of nitriles is 1. The van der Waals surface area contributed by atoms with Gasteiger partial charge in [0.1, 0.15) is 11.6 Å². The molecule has 1 heterocycles. The summed E-state index contributed by atoms with van der Waals surface area (Å²) in [6, 6.07) is 7.90. The molecule has 0 aliphatic heterocycles. The Balaban J connectivity index is 2.47. The molecular formula is C13H10Br2N4. The van der Waals surface area contributed by atoms with Gasteiger partial charge in [-0.1, -0.05) is 15.9 Å². The van der Waals surface area contributed by atoms with E-state index in [1.54, 1.807) is 0 Å². The standard InChI is InChI=1S/C13H10Br2N4/c1-7-8(2)18-19-13(10(7)6-16)17-12-5-9(14)3-4-11(12)15/h3-5H,1-2H3,(H,17,19). The van der Waals surface area contributed by atoms with Crippen LogP contribution in [0, 0.1) is 25.2 Å². The van der Waals surface area contributed by atoms with Gasteiger partial charge in [0.2, 0.25) is 0 Å². The monoisotopic (exact) mass is 380 g/mol. The molecule has 0 bridgehead atoms. The van der Waals surface area contributed by atoms with Gasteiger partial charge >= 0.3 is 0 Å². The number of anilines is 2. The smallest absolute Gasteiger partial charge is 0.171 e. The van der Waals surface area contributed by atoms with Crippen LogP contribution in [0.3, 0.4) is 0 Å². The lowest BCUT2D eigenvalue weighted by Gasteiger charge is -2.11. The summed E-state index contributed by atoms with van der Waals surface area (Å²) < 4.78 is 1.83. The Labute approximate surface area is 128 Å². The molecule has 0 atom stereocenters. The molecular weight excluding hydrogens is 372 g/mol. The molecule has 4 nitrogen and oxygen atoms in total. The Hall–Kier alpha value is -1.45. The van der Waals surface area contributed by atoms with Crippen LogP contribution in [0.1, 0.15) is 16.8 Å². The minimum atomic E-state index is 0.462. The summed E-state index contributed by atoms with van der Waals surface area (Å²) in [5.74, 6) is 0.462. The van der Waals surface area contributed by atoms with E-state index >= 15 is 0 Å². The van der Waals surface area contributed by atoms with Gasteiger partial charge in [0.25, 0.3) is 0 Å². The minimum absolute atomic E-state index is 0.462. The van der Waals surface area contributed by atoms with Gasteiger partial charge in [0.05, 0.1) is 11.4 Å². The maximum Gasteiger partial charge on any atom is 0.171 e. The van der Waals surface area contributed by atoms with Gasteiger partial charge in [-0.3, -0.25) is 0 Å². The number of nitrogens with zero attached hydrogens (tertiary/aromatic N) is 3. The van der Waals surface area contributed by atoms with E-state index in [4.69, 9.17) is 0 Å². The Morgan fingerprint density at radius 3 is 2.63 bits per heavy atom. The SMILES string of the molecule is Cc1nnc(Nc2cc(Br)ccc2Br)c(C#N)c1C. The van der Waals surface area contributed by atoms with Crippen LogP contribution >= 0.6 is 31.9 Å². The van der Waals surface area contributed by atoms with Crippen molar-refractivity contribution in [2.75, 3.05) is 5.32 Å². The van der Waals surface area contributed by atoms with Crippen LogP contribution in [-0.4, -0.2) is 10.2 Å². The van der Waals surface area contributed by atoms with Crippen LogP contribution < -0.4 is 5.32 Å². The third kappa shape index (κ3) is 2.94. The second-order valence-electron chi connectivity index (χ2n) is 3.99. The van der Waals surface area contributed by atoms with E-state index in [0.29, 0.717) is 11.4 Å². The number of aryl methyl sites for hydroxylation is 1. The highest BCUT2D eigenvalue weighted by molar-refractivity contribution is 9.11. The molecule has 0 saturated carbocycles. The fraction of sp³-hybridized carbons (Fsp3) is 0.154. The van der Waals surface area contributed by atoms with E-state index in [1.165, 1.54) is 0 Å². The molecule has 0 radical (unpaired) electrons. The number of aromatic nitrogens is 2. The Bertz CT molecular complexity index is 677. The van der Waals surface area contributed by atoms with Crippen molar-refractivity contribution in [1.29, 1.82) is 5.26 Å². The fourth-order valence-corrected chi connectivity index (χ4v) is 2.26. The van der Waals surface area contributed by atoms with Crippen molar-refractivity contribution in [3.8, 4) is 6.07 Å². The van der Waals surface area contributed by atoms with E-state index in [-0.39, 0.29) is 0 Å². The summed E-state index contributed by atoms with van der Waals surface area (Å²) in [5, 5.41) is 20.5. The number of nitrogens with one attached hydrogen (secondary N) is 1.